The molecule has 2 aromatic carbocycles. The number of carbonyl (C=O) groups is 1. The number of carbonyl (C=O) groups excluding carboxylic acids is 1. The van der Waals surface area contributed by atoms with Gasteiger partial charge in [-0.15, -0.1) is 0 Å². The fraction of sp³-hybridized carbons (Fsp3) is 0.280. The first-order valence-corrected chi connectivity index (χ1v) is 10.6. The highest BCUT2D eigenvalue weighted by atomic mass is 35.5. The molecule has 0 bridgehead atoms. The Labute approximate surface area is 182 Å². The van der Waals surface area contributed by atoms with E-state index in [4.69, 9.17) is 11.6 Å². The molecule has 1 amide bonds. The number of halogens is 1. The van der Waals surface area contributed by atoms with E-state index < -0.39 is 0 Å². The van der Waals surface area contributed by atoms with Crippen molar-refractivity contribution in [3.63, 3.8) is 0 Å². The summed E-state index contributed by atoms with van der Waals surface area (Å²) >= 11 is 6.01. The second-order valence-electron chi connectivity index (χ2n) is 8.75. The molecule has 0 saturated heterocycles. The molecule has 1 aliphatic rings. The van der Waals surface area contributed by atoms with Gasteiger partial charge in [-0.2, -0.15) is 5.10 Å². The number of fused-ring (bicyclic) bond motifs is 1. The molecule has 2 heterocycles. The van der Waals surface area contributed by atoms with Crippen molar-refractivity contribution >= 4 is 23.6 Å². The number of benzene rings is 2. The van der Waals surface area contributed by atoms with Gasteiger partial charge in [-0.3, -0.25) is 9.89 Å². The third kappa shape index (κ3) is 4.34. The molecule has 1 aromatic heterocycles. The maximum atomic E-state index is 12.8. The van der Waals surface area contributed by atoms with E-state index in [9.17, 15) is 4.79 Å². The molecule has 0 spiro atoms. The van der Waals surface area contributed by atoms with E-state index in [1.54, 1.807) is 6.08 Å². The average molecular weight is 420 g/mol. The van der Waals surface area contributed by atoms with Gasteiger partial charge in [-0.25, -0.2) is 0 Å². The van der Waals surface area contributed by atoms with Crippen LogP contribution < -0.4 is 0 Å². The van der Waals surface area contributed by atoms with E-state index in [1.807, 2.05) is 35.2 Å². The average Bonchev–Trinajstić information content (AvgIpc) is 3.15. The second kappa shape index (κ2) is 8.11. The van der Waals surface area contributed by atoms with Crippen molar-refractivity contribution in [3.8, 4) is 11.3 Å². The molecular formula is C25H26ClN3O. The largest absolute Gasteiger partial charge is 0.334 e. The van der Waals surface area contributed by atoms with Crippen LogP contribution in [0.2, 0.25) is 5.02 Å². The van der Waals surface area contributed by atoms with Gasteiger partial charge in [0.25, 0.3) is 0 Å². The normalized spacial score (nSPS) is 14.2. The zero-order chi connectivity index (χ0) is 21.3. The lowest BCUT2D eigenvalue weighted by molar-refractivity contribution is -0.126. The number of aromatic amines is 1. The lowest BCUT2D eigenvalue weighted by Crippen LogP contribution is -2.34. The van der Waals surface area contributed by atoms with Crippen molar-refractivity contribution < 1.29 is 4.79 Å². The molecule has 0 aliphatic carbocycles. The van der Waals surface area contributed by atoms with E-state index in [-0.39, 0.29) is 11.3 Å². The summed E-state index contributed by atoms with van der Waals surface area (Å²) in [7, 11) is 0. The van der Waals surface area contributed by atoms with Gasteiger partial charge in [0.2, 0.25) is 5.91 Å². The molecule has 3 aromatic rings. The molecule has 0 fully saturated rings. The van der Waals surface area contributed by atoms with Gasteiger partial charge in [-0.1, -0.05) is 68.8 Å². The second-order valence-corrected chi connectivity index (χ2v) is 9.19. The summed E-state index contributed by atoms with van der Waals surface area (Å²) in [5.41, 5.74) is 6.51. The van der Waals surface area contributed by atoms with E-state index >= 15 is 0 Å². The molecule has 0 atom stereocenters. The zero-order valence-electron chi connectivity index (χ0n) is 17.6. The van der Waals surface area contributed by atoms with Gasteiger partial charge < -0.3 is 4.90 Å². The number of hydrogen-bond donors (Lipinski definition) is 1. The fourth-order valence-electron chi connectivity index (χ4n) is 3.70. The van der Waals surface area contributed by atoms with Crippen LogP contribution in [-0.2, 0) is 23.2 Å². The summed E-state index contributed by atoms with van der Waals surface area (Å²) in [6.07, 6.45) is 4.33. The highest BCUT2D eigenvalue weighted by Gasteiger charge is 2.24. The summed E-state index contributed by atoms with van der Waals surface area (Å²) in [4.78, 5) is 14.7. The number of aromatic nitrogens is 2. The molecule has 5 heteroatoms. The minimum Gasteiger partial charge on any atom is -0.334 e. The maximum Gasteiger partial charge on any atom is 0.246 e. The molecule has 30 heavy (non-hydrogen) atoms. The highest BCUT2D eigenvalue weighted by molar-refractivity contribution is 6.30. The summed E-state index contributed by atoms with van der Waals surface area (Å²) in [6.45, 7) is 7.82. The van der Waals surface area contributed by atoms with Crippen LogP contribution >= 0.6 is 11.6 Å². The third-order valence-corrected chi connectivity index (χ3v) is 5.81. The number of rotatable bonds is 3. The smallest absolute Gasteiger partial charge is 0.246 e. The van der Waals surface area contributed by atoms with Crippen LogP contribution in [0, 0.1) is 0 Å². The van der Waals surface area contributed by atoms with E-state index in [0.29, 0.717) is 18.1 Å². The van der Waals surface area contributed by atoms with Crippen molar-refractivity contribution in [3.05, 3.63) is 82.0 Å². The van der Waals surface area contributed by atoms with Crippen molar-refractivity contribution in [1.29, 1.82) is 0 Å². The minimum atomic E-state index is 0.0174. The molecular weight excluding hydrogens is 394 g/mol. The molecule has 0 saturated carbocycles. The van der Waals surface area contributed by atoms with Crippen LogP contribution in [-0.4, -0.2) is 27.5 Å². The number of amides is 1. The van der Waals surface area contributed by atoms with Gasteiger partial charge in [0, 0.05) is 47.4 Å². The zero-order valence-corrected chi connectivity index (χ0v) is 18.3. The van der Waals surface area contributed by atoms with Gasteiger partial charge in [0.1, 0.15) is 0 Å². The first kappa shape index (κ1) is 20.4. The van der Waals surface area contributed by atoms with Crippen LogP contribution in [0.1, 0.15) is 43.2 Å². The predicted octanol–water partition coefficient (Wildman–Crippen LogP) is 5.63. The Morgan fingerprint density at radius 2 is 1.80 bits per heavy atom. The molecule has 4 nitrogen and oxygen atoms in total. The third-order valence-electron chi connectivity index (χ3n) is 5.56. The Bertz CT molecular complexity index is 1070. The molecule has 4 rings (SSSR count). The highest BCUT2D eigenvalue weighted by Crippen LogP contribution is 2.29. The summed E-state index contributed by atoms with van der Waals surface area (Å²) in [5.74, 6) is 0.0174. The quantitative estimate of drug-likeness (QED) is 0.559. The van der Waals surface area contributed by atoms with Crippen LogP contribution in [0.5, 0.6) is 0 Å². The predicted molar refractivity (Wildman–Crippen MR) is 122 cm³/mol. The summed E-state index contributed by atoms with van der Waals surface area (Å²) < 4.78 is 0. The SMILES string of the molecule is CC(C)(C)c1ccc(/C=C/C(=O)N2CCc3[nH]nc(-c4ccc(Cl)cc4)c3C2)cc1. The Hall–Kier alpha value is -2.85. The summed E-state index contributed by atoms with van der Waals surface area (Å²) in [6, 6.07) is 16.0. The molecule has 1 N–H and O–H groups in total. The van der Waals surface area contributed by atoms with Gasteiger partial charge in [0.05, 0.1) is 5.69 Å². The van der Waals surface area contributed by atoms with Gasteiger partial charge in [0.15, 0.2) is 0 Å². The van der Waals surface area contributed by atoms with Crippen LogP contribution in [0.3, 0.4) is 0 Å². The Balaban J connectivity index is 1.48. The minimum absolute atomic E-state index is 0.0174. The molecule has 1 aliphatic heterocycles. The molecule has 0 radical (unpaired) electrons. The standard InChI is InChI=1S/C25H26ClN3O/c1-25(2,3)19-9-4-17(5-10-19)6-13-23(30)29-15-14-22-21(16-29)24(28-27-22)18-7-11-20(26)12-8-18/h4-13H,14-16H2,1-3H3,(H,27,28)/b13-6+. The lowest BCUT2D eigenvalue weighted by Gasteiger charge is -2.26. The van der Waals surface area contributed by atoms with E-state index in [1.165, 1.54) is 5.56 Å². The first-order chi connectivity index (χ1) is 14.3. The van der Waals surface area contributed by atoms with Gasteiger partial charge in [-0.05, 0) is 34.8 Å². The number of nitrogens with one attached hydrogen (secondary N) is 1. The maximum absolute atomic E-state index is 12.8. The Kier molecular flexibility index (Phi) is 5.52. The van der Waals surface area contributed by atoms with Crippen LogP contribution in [0.15, 0.2) is 54.6 Å². The number of nitrogens with zero attached hydrogens (tertiary/aromatic N) is 2. The first-order valence-electron chi connectivity index (χ1n) is 10.2. The van der Waals surface area contributed by atoms with Crippen molar-refractivity contribution in [2.45, 2.75) is 39.2 Å². The van der Waals surface area contributed by atoms with E-state index in [2.05, 4.69) is 55.2 Å². The molecule has 0 unspecified atom stereocenters. The van der Waals surface area contributed by atoms with Crippen molar-refractivity contribution in [1.82, 2.24) is 15.1 Å². The van der Waals surface area contributed by atoms with Crippen LogP contribution in [0.25, 0.3) is 17.3 Å². The van der Waals surface area contributed by atoms with Crippen molar-refractivity contribution in [2.75, 3.05) is 6.54 Å². The fourth-order valence-corrected chi connectivity index (χ4v) is 3.82. The number of hydrogen-bond acceptors (Lipinski definition) is 2. The molecule has 154 valence electrons. The summed E-state index contributed by atoms with van der Waals surface area (Å²) in [5, 5.41) is 8.32. The van der Waals surface area contributed by atoms with E-state index in [0.717, 1.165) is 34.5 Å². The number of H-pyrrole nitrogens is 1. The lowest BCUT2D eigenvalue weighted by atomic mass is 9.87. The van der Waals surface area contributed by atoms with Crippen molar-refractivity contribution in [2.24, 2.45) is 0 Å². The monoisotopic (exact) mass is 419 g/mol. The Morgan fingerprint density at radius 3 is 2.47 bits per heavy atom. The van der Waals surface area contributed by atoms with Gasteiger partial charge >= 0.3 is 0 Å². The van der Waals surface area contributed by atoms with Crippen LogP contribution in [0.4, 0.5) is 0 Å². The Morgan fingerprint density at radius 1 is 1.10 bits per heavy atom. The topological polar surface area (TPSA) is 49.0 Å².